The van der Waals surface area contributed by atoms with Crippen molar-refractivity contribution < 1.29 is 9.47 Å². The highest BCUT2D eigenvalue weighted by molar-refractivity contribution is 5.87. The number of benzene rings is 1. The molecule has 2 heterocycles. The molecule has 0 atom stereocenters. The molecule has 1 aromatic carbocycles. The first-order valence-electron chi connectivity index (χ1n) is 6.84. The van der Waals surface area contributed by atoms with Crippen LogP contribution in [0, 0.1) is 0 Å². The van der Waals surface area contributed by atoms with E-state index >= 15 is 0 Å². The summed E-state index contributed by atoms with van der Waals surface area (Å²) in [6.07, 6.45) is 3.09. The van der Waals surface area contributed by atoms with Gasteiger partial charge in [-0.3, -0.25) is 0 Å². The van der Waals surface area contributed by atoms with Crippen molar-refractivity contribution in [1.29, 1.82) is 0 Å². The molecule has 3 rings (SSSR count). The number of hydrogen-bond acceptors (Lipinski definition) is 3. The van der Waals surface area contributed by atoms with Crippen LogP contribution in [0.4, 0.5) is 0 Å². The van der Waals surface area contributed by atoms with Crippen molar-refractivity contribution in [2.24, 2.45) is 5.73 Å². The third-order valence-electron chi connectivity index (χ3n) is 3.55. The monoisotopic (exact) mass is 260 g/mol. The van der Waals surface area contributed by atoms with Crippen molar-refractivity contribution in [3.05, 3.63) is 23.9 Å². The molecule has 0 unspecified atom stereocenters. The standard InChI is InChI=1S/C15H20N2O2/c1-10(2)17-9-11(3-4-16)12-7-14-15(8-13(12)17)19-6-5-18-14/h7-10H,3-6,16H2,1-2H3. The van der Waals surface area contributed by atoms with E-state index in [-0.39, 0.29) is 0 Å². The normalized spacial score (nSPS) is 14.3. The van der Waals surface area contributed by atoms with Gasteiger partial charge in [0, 0.05) is 23.7 Å². The Morgan fingerprint density at radius 2 is 1.89 bits per heavy atom. The van der Waals surface area contributed by atoms with Gasteiger partial charge < -0.3 is 19.8 Å². The smallest absolute Gasteiger partial charge is 0.163 e. The van der Waals surface area contributed by atoms with Crippen molar-refractivity contribution >= 4 is 10.9 Å². The van der Waals surface area contributed by atoms with Crippen molar-refractivity contribution in [2.75, 3.05) is 19.8 Å². The first-order chi connectivity index (χ1) is 9.20. The average Bonchev–Trinajstić information content (AvgIpc) is 2.75. The second kappa shape index (κ2) is 4.78. The highest BCUT2D eigenvalue weighted by atomic mass is 16.6. The van der Waals surface area contributed by atoms with Crippen LogP contribution in [0.15, 0.2) is 18.3 Å². The average molecular weight is 260 g/mol. The largest absolute Gasteiger partial charge is 0.486 e. The zero-order valence-electron chi connectivity index (χ0n) is 11.5. The SMILES string of the molecule is CC(C)n1cc(CCN)c2cc3c(cc21)OCCO3. The van der Waals surface area contributed by atoms with Crippen LogP contribution in [0.2, 0.25) is 0 Å². The van der Waals surface area contributed by atoms with Crippen LogP contribution < -0.4 is 15.2 Å². The summed E-state index contributed by atoms with van der Waals surface area (Å²) in [4.78, 5) is 0. The quantitative estimate of drug-likeness (QED) is 0.922. The Labute approximate surface area is 113 Å². The number of nitrogens with two attached hydrogens (primary N) is 1. The molecule has 1 aromatic heterocycles. The number of rotatable bonds is 3. The predicted octanol–water partition coefficient (Wildman–Crippen LogP) is 2.49. The molecule has 102 valence electrons. The Kier molecular flexibility index (Phi) is 3.11. The van der Waals surface area contributed by atoms with E-state index in [1.165, 1.54) is 16.5 Å². The van der Waals surface area contributed by atoms with E-state index in [2.05, 4.69) is 36.7 Å². The second-order valence-corrected chi connectivity index (χ2v) is 5.21. The molecule has 0 saturated carbocycles. The van der Waals surface area contributed by atoms with Gasteiger partial charge in [0.1, 0.15) is 13.2 Å². The molecule has 0 saturated heterocycles. The molecule has 0 aliphatic carbocycles. The minimum atomic E-state index is 0.414. The lowest BCUT2D eigenvalue weighted by Crippen LogP contribution is -2.15. The molecule has 4 nitrogen and oxygen atoms in total. The van der Waals surface area contributed by atoms with E-state index in [9.17, 15) is 0 Å². The third-order valence-corrected chi connectivity index (χ3v) is 3.55. The van der Waals surface area contributed by atoms with E-state index in [0.717, 1.165) is 17.9 Å². The van der Waals surface area contributed by atoms with E-state index in [1.54, 1.807) is 0 Å². The summed E-state index contributed by atoms with van der Waals surface area (Å²) < 4.78 is 13.6. The number of fused-ring (bicyclic) bond motifs is 2. The maximum Gasteiger partial charge on any atom is 0.163 e. The predicted molar refractivity (Wildman–Crippen MR) is 76.1 cm³/mol. The summed E-state index contributed by atoms with van der Waals surface area (Å²) in [6.45, 7) is 6.27. The molecule has 19 heavy (non-hydrogen) atoms. The second-order valence-electron chi connectivity index (χ2n) is 5.21. The minimum absolute atomic E-state index is 0.414. The van der Waals surface area contributed by atoms with Gasteiger partial charge in [-0.05, 0) is 38.4 Å². The lowest BCUT2D eigenvalue weighted by Gasteiger charge is -2.19. The fourth-order valence-corrected chi connectivity index (χ4v) is 2.64. The van der Waals surface area contributed by atoms with Gasteiger partial charge >= 0.3 is 0 Å². The number of hydrogen-bond donors (Lipinski definition) is 1. The fraction of sp³-hybridized carbons (Fsp3) is 0.467. The molecule has 2 N–H and O–H groups in total. The lowest BCUT2D eigenvalue weighted by atomic mass is 10.1. The van der Waals surface area contributed by atoms with E-state index in [1.807, 2.05) is 0 Å². The van der Waals surface area contributed by atoms with Crippen LogP contribution in [0.3, 0.4) is 0 Å². The van der Waals surface area contributed by atoms with E-state index in [0.29, 0.717) is 25.8 Å². The van der Waals surface area contributed by atoms with Crippen LogP contribution in [-0.4, -0.2) is 24.3 Å². The molecule has 0 amide bonds. The summed E-state index contributed by atoms with van der Waals surface area (Å²) in [5.41, 5.74) is 8.19. The van der Waals surface area contributed by atoms with Gasteiger partial charge in [0.15, 0.2) is 11.5 Å². The van der Waals surface area contributed by atoms with Gasteiger partial charge in [-0.1, -0.05) is 0 Å². The number of ether oxygens (including phenoxy) is 2. The molecule has 0 fully saturated rings. The van der Waals surface area contributed by atoms with Crippen molar-refractivity contribution in [1.82, 2.24) is 4.57 Å². The first-order valence-corrected chi connectivity index (χ1v) is 6.84. The molecule has 1 aliphatic heterocycles. The zero-order chi connectivity index (χ0) is 13.4. The summed E-state index contributed by atoms with van der Waals surface area (Å²) in [7, 11) is 0. The topological polar surface area (TPSA) is 49.4 Å². The Hall–Kier alpha value is -1.68. The Morgan fingerprint density at radius 1 is 1.21 bits per heavy atom. The Balaban J connectivity index is 2.22. The fourth-order valence-electron chi connectivity index (χ4n) is 2.64. The highest BCUT2D eigenvalue weighted by Crippen LogP contribution is 2.37. The summed E-state index contributed by atoms with van der Waals surface area (Å²) in [5.74, 6) is 1.69. The maximum atomic E-state index is 5.71. The van der Waals surface area contributed by atoms with Gasteiger partial charge in [-0.2, -0.15) is 0 Å². The maximum absolute atomic E-state index is 5.71. The minimum Gasteiger partial charge on any atom is -0.486 e. The van der Waals surface area contributed by atoms with Crippen LogP contribution in [0.1, 0.15) is 25.5 Å². The van der Waals surface area contributed by atoms with Crippen LogP contribution in [-0.2, 0) is 6.42 Å². The van der Waals surface area contributed by atoms with Crippen LogP contribution in [0.5, 0.6) is 11.5 Å². The molecule has 1 aliphatic rings. The van der Waals surface area contributed by atoms with E-state index in [4.69, 9.17) is 15.2 Å². The van der Waals surface area contributed by atoms with Crippen molar-refractivity contribution in [3.63, 3.8) is 0 Å². The summed E-state index contributed by atoms with van der Waals surface area (Å²) >= 11 is 0. The van der Waals surface area contributed by atoms with Gasteiger partial charge in [0.05, 0.1) is 5.52 Å². The van der Waals surface area contributed by atoms with Crippen LogP contribution in [0.25, 0.3) is 10.9 Å². The third kappa shape index (κ3) is 2.06. The summed E-state index contributed by atoms with van der Waals surface area (Å²) in [5, 5.41) is 1.23. The first kappa shape index (κ1) is 12.4. The lowest BCUT2D eigenvalue weighted by molar-refractivity contribution is 0.172. The molecular formula is C15H20N2O2. The Morgan fingerprint density at radius 3 is 2.53 bits per heavy atom. The highest BCUT2D eigenvalue weighted by Gasteiger charge is 2.17. The molecule has 2 aromatic rings. The van der Waals surface area contributed by atoms with Crippen LogP contribution >= 0.6 is 0 Å². The van der Waals surface area contributed by atoms with Gasteiger partial charge in [0.2, 0.25) is 0 Å². The van der Waals surface area contributed by atoms with Gasteiger partial charge in [-0.25, -0.2) is 0 Å². The zero-order valence-corrected chi connectivity index (χ0v) is 11.5. The van der Waals surface area contributed by atoms with Crippen molar-refractivity contribution in [3.8, 4) is 11.5 Å². The molecule has 0 spiro atoms. The number of aromatic nitrogens is 1. The molecule has 0 radical (unpaired) electrons. The molecular weight excluding hydrogens is 240 g/mol. The number of nitrogens with zero attached hydrogens (tertiary/aromatic N) is 1. The van der Waals surface area contributed by atoms with Gasteiger partial charge in [-0.15, -0.1) is 0 Å². The van der Waals surface area contributed by atoms with Crippen molar-refractivity contribution in [2.45, 2.75) is 26.3 Å². The molecule has 0 bridgehead atoms. The summed E-state index contributed by atoms with van der Waals surface area (Å²) in [6, 6.07) is 4.59. The van der Waals surface area contributed by atoms with E-state index < -0.39 is 0 Å². The molecule has 4 heteroatoms. The van der Waals surface area contributed by atoms with Gasteiger partial charge in [0.25, 0.3) is 0 Å². The Bertz CT molecular complexity index is 602.